The van der Waals surface area contributed by atoms with Gasteiger partial charge in [-0.25, -0.2) is 0 Å². The van der Waals surface area contributed by atoms with Crippen molar-refractivity contribution < 1.29 is 4.74 Å². The number of benzene rings is 2. The highest BCUT2D eigenvalue weighted by atomic mass is 16.5. The molecule has 0 saturated heterocycles. The van der Waals surface area contributed by atoms with Crippen LogP contribution in [-0.4, -0.2) is 0 Å². The van der Waals surface area contributed by atoms with Gasteiger partial charge in [-0.1, -0.05) is 44.2 Å². The van der Waals surface area contributed by atoms with Crippen LogP contribution in [0, 0.1) is 5.92 Å². The zero-order valence-electron chi connectivity index (χ0n) is 12.3. The predicted octanol–water partition coefficient (Wildman–Crippen LogP) is 4.91. The number of ether oxygens (including phenoxy) is 1. The van der Waals surface area contributed by atoms with Crippen LogP contribution in [0.15, 0.2) is 54.6 Å². The topological polar surface area (TPSA) is 35.2 Å². The lowest BCUT2D eigenvalue weighted by molar-refractivity contribution is 0.481. The molecule has 0 heterocycles. The van der Waals surface area contributed by atoms with E-state index < -0.39 is 0 Å². The highest BCUT2D eigenvalue weighted by Crippen LogP contribution is 2.24. The lowest BCUT2D eigenvalue weighted by Gasteiger charge is -2.14. The largest absolute Gasteiger partial charge is 0.457 e. The Labute approximate surface area is 121 Å². The smallest absolute Gasteiger partial charge is 0.127 e. The number of hydrogen-bond acceptors (Lipinski definition) is 2. The Balaban J connectivity index is 1.96. The number of rotatable bonds is 6. The molecule has 0 fully saturated rings. The summed E-state index contributed by atoms with van der Waals surface area (Å²) in [5, 5.41) is 0. The molecule has 0 bridgehead atoms. The first-order valence-electron chi connectivity index (χ1n) is 7.23. The van der Waals surface area contributed by atoms with Gasteiger partial charge >= 0.3 is 0 Å². The monoisotopic (exact) mass is 269 g/mol. The molecule has 0 saturated carbocycles. The van der Waals surface area contributed by atoms with Crippen molar-refractivity contribution in [2.45, 2.75) is 32.7 Å². The maximum Gasteiger partial charge on any atom is 0.127 e. The Bertz CT molecular complexity index is 505. The summed E-state index contributed by atoms with van der Waals surface area (Å²) in [5.41, 5.74) is 7.38. The van der Waals surface area contributed by atoms with Crippen LogP contribution >= 0.6 is 0 Å². The third-order valence-corrected chi connectivity index (χ3v) is 3.34. The van der Waals surface area contributed by atoms with Crippen LogP contribution in [-0.2, 0) is 0 Å². The normalized spacial score (nSPS) is 12.4. The third kappa shape index (κ3) is 4.39. The fraction of sp³-hybridized carbons (Fsp3) is 0.333. The molecule has 0 aliphatic carbocycles. The summed E-state index contributed by atoms with van der Waals surface area (Å²) < 4.78 is 5.77. The van der Waals surface area contributed by atoms with E-state index >= 15 is 0 Å². The maximum absolute atomic E-state index is 6.21. The molecule has 2 N–H and O–H groups in total. The summed E-state index contributed by atoms with van der Waals surface area (Å²) in [6.45, 7) is 4.45. The molecule has 2 nitrogen and oxygen atoms in total. The fourth-order valence-corrected chi connectivity index (χ4v) is 2.09. The molecular weight excluding hydrogens is 246 g/mol. The Morgan fingerprint density at radius 1 is 0.850 bits per heavy atom. The van der Waals surface area contributed by atoms with Crippen LogP contribution in [0.1, 0.15) is 38.3 Å². The van der Waals surface area contributed by atoms with Gasteiger partial charge in [-0.05, 0) is 48.6 Å². The van der Waals surface area contributed by atoms with E-state index in [2.05, 4.69) is 26.0 Å². The second-order valence-electron chi connectivity index (χ2n) is 5.56. The molecule has 0 unspecified atom stereocenters. The van der Waals surface area contributed by atoms with Gasteiger partial charge in [0.1, 0.15) is 11.5 Å². The van der Waals surface area contributed by atoms with Crippen LogP contribution in [0.25, 0.3) is 0 Å². The van der Waals surface area contributed by atoms with Gasteiger partial charge in [0.25, 0.3) is 0 Å². The second kappa shape index (κ2) is 7.11. The molecule has 0 amide bonds. The molecule has 106 valence electrons. The summed E-state index contributed by atoms with van der Waals surface area (Å²) in [6, 6.07) is 18.0. The van der Waals surface area contributed by atoms with E-state index in [1.165, 1.54) is 5.56 Å². The zero-order chi connectivity index (χ0) is 14.4. The van der Waals surface area contributed by atoms with Crippen molar-refractivity contribution >= 4 is 0 Å². The van der Waals surface area contributed by atoms with Gasteiger partial charge in [-0.15, -0.1) is 0 Å². The number of para-hydroxylation sites is 1. The lowest BCUT2D eigenvalue weighted by Crippen LogP contribution is -2.11. The van der Waals surface area contributed by atoms with E-state index in [-0.39, 0.29) is 6.04 Å². The van der Waals surface area contributed by atoms with Crippen LogP contribution in [0.2, 0.25) is 0 Å². The molecule has 2 aromatic rings. The molecule has 2 aromatic carbocycles. The van der Waals surface area contributed by atoms with Crippen LogP contribution in [0.4, 0.5) is 0 Å². The van der Waals surface area contributed by atoms with Crippen LogP contribution in [0.5, 0.6) is 11.5 Å². The first-order valence-corrected chi connectivity index (χ1v) is 7.23. The highest BCUT2D eigenvalue weighted by Gasteiger charge is 2.07. The number of nitrogens with two attached hydrogens (primary N) is 1. The van der Waals surface area contributed by atoms with Crippen molar-refractivity contribution in [1.82, 2.24) is 0 Å². The van der Waals surface area contributed by atoms with Crippen molar-refractivity contribution in [1.29, 1.82) is 0 Å². The molecule has 0 spiro atoms. The van der Waals surface area contributed by atoms with Crippen molar-refractivity contribution in [3.8, 4) is 11.5 Å². The van der Waals surface area contributed by atoms with Gasteiger partial charge in [0, 0.05) is 6.04 Å². The van der Waals surface area contributed by atoms with Crippen LogP contribution in [0.3, 0.4) is 0 Å². The Morgan fingerprint density at radius 3 is 2.05 bits per heavy atom. The summed E-state index contributed by atoms with van der Waals surface area (Å²) in [5.74, 6) is 2.39. The highest BCUT2D eigenvalue weighted by molar-refractivity contribution is 5.33. The first-order chi connectivity index (χ1) is 9.65. The predicted molar refractivity (Wildman–Crippen MR) is 84.0 cm³/mol. The summed E-state index contributed by atoms with van der Waals surface area (Å²) in [7, 11) is 0. The standard InChI is InChI=1S/C18H23NO/c1-14(2)8-13-18(19)15-9-11-17(12-10-15)20-16-6-4-3-5-7-16/h3-7,9-12,14,18H,8,13,19H2,1-2H3/t18-/m0/s1. The van der Waals surface area contributed by atoms with Crippen LogP contribution < -0.4 is 10.5 Å². The van der Waals surface area contributed by atoms with Gasteiger partial charge in [-0.2, -0.15) is 0 Å². The van der Waals surface area contributed by atoms with E-state index in [0.717, 1.165) is 24.3 Å². The van der Waals surface area contributed by atoms with Gasteiger partial charge in [0.05, 0.1) is 0 Å². The molecule has 1 atom stereocenters. The summed E-state index contributed by atoms with van der Waals surface area (Å²) in [4.78, 5) is 0. The van der Waals surface area contributed by atoms with Crippen molar-refractivity contribution in [3.05, 3.63) is 60.2 Å². The van der Waals surface area contributed by atoms with E-state index in [1.54, 1.807) is 0 Å². The van der Waals surface area contributed by atoms with Gasteiger partial charge < -0.3 is 10.5 Å². The van der Waals surface area contributed by atoms with E-state index in [9.17, 15) is 0 Å². The maximum atomic E-state index is 6.21. The molecule has 2 heteroatoms. The van der Waals surface area contributed by atoms with Gasteiger partial charge in [0.2, 0.25) is 0 Å². The number of hydrogen-bond donors (Lipinski definition) is 1. The minimum atomic E-state index is 0.114. The molecule has 2 rings (SSSR count). The second-order valence-corrected chi connectivity index (χ2v) is 5.56. The minimum absolute atomic E-state index is 0.114. The fourth-order valence-electron chi connectivity index (χ4n) is 2.09. The molecule has 20 heavy (non-hydrogen) atoms. The Kier molecular flexibility index (Phi) is 5.19. The summed E-state index contributed by atoms with van der Waals surface area (Å²) in [6.07, 6.45) is 2.18. The lowest BCUT2D eigenvalue weighted by atomic mass is 9.98. The molecule has 0 aliphatic heterocycles. The van der Waals surface area contributed by atoms with E-state index in [1.807, 2.05) is 42.5 Å². The average molecular weight is 269 g/mol. The minimum Gasteiger partial charge on any atom is -0.457 e. The van der Waals surface area contributed by atoms with Gasteiger partial charge in [-0.3, -0.25) is 0 Å². The van der Waals surface area contributed by atoms with E-state index in [4.69, 9.17) is 10.5 Å². The molecular formula is C18H23NO. The third-order valence-electron chi connectivity index (χ3n) is 3.34. The Morgan fingerprint density at radius 2 is 1.45 bits per heavy atom. The quantitative estimate of drug-likeness (QED) is 0.808. The van der Waals surface area contributed by atoms with Crippen molar-refractivity contribution in [2.24, 2.45) is 11.7 Å². The average Bonchev–Trinajstić information content (AvgIpc) is 2.46. The van der Waals surface area contributed by atoms with Crippen molar-refractivity contribution in [2.75, 3.05) is 0 Å². The first kappa shape index (κ1) is 14.6. The molecule has 0 aliphatic rings. The Hall–Kier alpha value is -1.80. The van der Waals surface area contributed by atoms with Crippen molar-refractivity contribution in [3.63, 3.8) is 0 Å². The van der Waals surface area contributed by atoms with Gasteiger partial charge in [0.15, 0.2) is 0 Å². The summed E-state index contributed by atoms with van der Waals surface area (Å²) >= 11 is 0. The van der Waals surface area contributed by atoms with E-state index in [0.29, 0.717) is 5.92 Å². The molecule has 0 radical (unpaired) electrons. The SMILES string of the molecule is CC(C)CC[C@H](N)c1ccc(Oc2ccccc2)cc1. The molecule has 0 aromatic heterocycles. The zero-order valence-corrected chi connectivity index (χ0v) is 12.3.